The van der Waals surface area contributed by atoms with Crippen LogP contribution in [0.1, 0.15) is 42.1 Å². The number of pyridine rings is 1. The number of likely N-dealkylation sites (tertiary alicyclic amines) is 1. The van der Waals surface area contributed by atoms with Crippen LogP contribution < -0.4 is 0 Å². The van der Waals surface area contributed by atoms with Gasteiger partial charge in [-0.25, -0.2) is 0 Å². The van der Waals surface area contributed by atoms with Crippen molar-refractivity contribution >= 4 is 5.91 Å². The highest BCUT2D eigenvalue weighted by atomic mass is 16.2. The summed E-state index contributed by atoms with van der Waals surface area (Å²) in [4.78, 5) is 22.1. The van der Waals surface area contributed by atoms with E-state index in [1.54, 1.807) is 6.20 Å². The van der Waals surface area contributed by atoms with Gasteiger partial charge in [-0.3, -0.25) is 14.7 Å². The summed E-state index contributed by atoms with van der Waals surface area (Å²) in [5, 5.41) is 0. The molecule has 1 aromatic carbocycles. The van der Waals surface area contributed by atoms with Gasteiger partial charge < -0.3 is 9.47 Å². The minimum Gasteiger partial charge on any atom is -0.353 e. The lowest BCUT2D eigenvalue weighted by atomic mass is 9.88. The van der Waals surface area contributed by atoms with Crippen LogP contribution in [0.15, 0.2) is 67.1 Å². The first-order valence-corrected chi connectivity index (χ1v) is 12.0. The summed E-state index contributed by atoms with van der Waals surface area (Å²) in [5.74, 6) is 0.970. The number of hydrogen-bond acceptors (Lipinski definition) is 3. The third kappa shape index (κ3) is 5.72. The van der Waals surface area contributed by atoms with Crippen molar-refractivity contribution in [2.24, 2.45) is 18.9 Å². The van der Waals surface area contributed by atoms with Crippen molar-refractivity contribution in [1.82, 2.24) is 19.4 Å². The topological polar surface area (TPSA) is 41.4 Å². The molecule has 1 amide bonds. The number of benzene rings is 1. The molecule has 3 heterocycles. The molecule has 2 unspecified atom stereocenters. The number of hydrogen-bond donors (Lipinski definition) is 0. The predicted octanol–water partition coefficient (Wildman–Crippen LogP) is 4.63. The largest absolute Gasteiger partial charge is 0.353 e. The zero-order valence-corrected chi connectivity index (χ0v) is 20.3. The molecule has 33 heavy (non-hydrogen) atoms. The highest BCUT2D eigenvalue weighted by Gasteiger charge is 2.36. The first-order valence-electron chi connectivity index (χ1n) is 12.0. The number of carbonyl (C=O) groups is 1. The van der Waals surface area contributed by atoms with Gasteiger partial charge in [0.1, 0.15) is 0 Å². The van der Waals surface area contributed by atoms with E-state index in [2.05, 4.69) is 82.0 Å². The van der Waals surface area contributed by atoms with E-state index in [1.165, 1.54) is 16.8 Å². The minimum absolute atomic E-state index is 0.0274. The minimum atomic E-state index is -0.0274. The molecule has 1 saturated heterocycles. The number of nitrogens with zero attached hydrogens (tertiary/aromatic N) is 4. The highest BCUT2D eigenvalue weighted by molar-refractivity contribution is 5.78. The van der Waals surface area contributed by atoms with Gasteiger partial charge in [-0.1, -0.05) is 49.7 Å². The molecule has 0 spiro atoms. The van der Waals surface area contributed by atoms with Crippen LogP contribution in [-0.4, -0.2) is 44.9 Å². The van der Waals surface area contributed by atoms with Gasteiger partial charge in [0.25, 0.3) is 0 Å². The summed E-state index contributed by atoms with van der Waals surface area (Å²) in [6.07, 6.45) is 5.76. The Kier molecular flexibility index (Phi) is 7.29. The van der Waals surface area contributed by atoms with E-state index in [9.17, 15) is 4.79 Å². The van der Waals surface area contributed by atoms with Crippen molar-refractivity contribution in [3.63, 3.8) is 0 Å². The van der Waals surface area contributed by atoms with E-state index in [0.29, 0.717) is 18.4 Å². The fourth-order valence-electron chi connectivity index (χ4n) is 4.95. The number of carbonyl (C=O) groups excluding carboxylic acids is 1. The molecule has 3 aromatic rings. The van der Waals surface area contributed by atoms with Gasteiger partial charge in [-0.05, 0) is 42.2 Å². The fourth-order valence-corrected chi connectivity index (χ4v) is 4.95. The van der Waals surface area contributed by atoms with E-state index in [0.717, 1.165) is 31.7 Å². The van der Waals surface area contributed by atoms with Gasteiger partial charge in [0, 0.05) is 75.9 Å². The Labute approximate surface area is 198 Å². The Bertz CT molecular complexity index is 1040. The summed E-state index contributed by atoms with van der Waals surface area (Å²) >= 11 is 0. The Balaban J connectivity index is 1.57. The smallest absolute Gasteiger partial charge is 0.225 e. The maximum Gasteiger partial charge on any atom is 0.225 e. The van der Waals surface area contributed by atoms with Gasteiger partial charge in [0.2, 0.25) is 5.91 Å². The fraction of sp³-hybridized carbons (Fsp3) is 0.429. The van der Waals surface area contributed by atoms with Crippen molar-refractivity contribution in [2.75, 3.05) is 19.6 Å². The summed E-state index contributed by atoms with van der Waals surface area (Å²) in [6, 6.07) is 17.3. The van der Waals surface area contributed by atoms with Crippen LogP contribution >= 0.6 is 0 Å². The summed E-state index contributed by atoms with van der Waals surface area (Å²) in [7, 11) is 2.11. The number of aryl methyl sites for hydroxylation is 2. The van der Waals surface area contributed by atoms with Crippen molar-refractivity contribution in [3.05, 3.63) is 89.5 Å². The van der Waals surface area contributed by atoms with E-state index >= 15 is 0 Å². The molecule has 4 rings (SSSR count). The second kappa shape index (κ2) is 10.3. The molecule has 0 N–H and O–H groups in total. The Morgan fingerprint density at radius 2 is 1.91 bits per heavy atom. The van der Waals surface area contributed by atoms with Gasteiger partial charge in [-0.2, -0.15) is 0 Å². The van der Waals surface area contributed by atoms with Crippen LogP contribution in [-0.2, 0) is 24.9 Å². The molecule has 1 aliphatic heterocycles. The maximum absolute atomic E-state index is 13.2. The summed E-state index contributed by atoms with van der Waals surface area (Å²) < 4.78 is 2.20. The first kappa shape index (κ1) is 23.2. The lowest BCUT2D eigenvalue weighted by Crippen LogP contribution is -2.39. The van der Waals surface area contributed by atoms with Gasteiger partial charge >= 0.3 is 0 Å². The second-order valence-corrected chi connectivity index (χ2v) is 9.82. The lowest BCUT2D eigenvalue weighted by Gasteiger charge is -2.30. The van der Waals surface area contributed by atoms with Crippen molar-refractivity contribution < 1.29 is 4.79 Å². The molecular formula is C28H36N4O. The van der Waals surface area contributed by atoms with Crippen LogP contribution in [0.2, 0.25) is 0 Å². The van der Waals surface area contributed by atoms with Gasteiger partial charge in [0.15, 0.2) is 0 Å². The number of aromatic nitrogens is 2. The third-order valence-electron chi connectivity index (χ3n) is 6.82. The van der Waals surface area contributed by atoms with Crippen molar-refractivity contribution in [3.8, 4) is 0 Å². The number of rotatable bonds is 8. The Hall–Kier alpha value is -2.92. The third-order valence-corrected chi connectivity index (χ3v) is 6.82. The van der Waals surface area contributed by atoms with Crippen LogP contribution in [0.25, 0.3) is 0 Å². The predicted molar refractivity (Wildman–Crippen MR) is 133 cm³/mol. The molecule has 0 radical (unpaired) electrons. The standard InChI is InChI=1S/C28H36N4O/c1-21(2)28(33)32(16-23-7-5-13-29-15-23)18-25-17-31(19-26-8-6-14-30(26)4)20-27(25)24-11-9-22(3)10-12-24/h5-15,21,25,27H,16-20H2,1-4H3. The zero-order valence-electron chi connectivity index (χ0n) is 20.3. The molecule has 2 atom stereocenters. The van der Waals surface area contributed by atoms with Gasteiger partial charge in [0.05, 0.1) is 0 Å². The van der Waals surface area contributed by atoms with Crippen LogP contribution in [0.3, 0.4) is 0 Å². The summed E-state index contributed by atoms with van der Waals surface area (Å²) in [5.41, 5.74) is 5.06. The molecule has 5 nitrogen and oxygen atoms in total. The maximum atomic E-state index is 13.2. The van der Waals surface area contributed by atoms with Crippen molar-refractivity contribution in [2.45, 2.75) is 39.8 Å². The molecule has 1 aliphatic rings. The lowest BCUT2D eigenvalue weighted by molar-refractivity contribution is -0.135. The second-order valence-electron chi connectivity index (χ2n) is 9.82. The monoisotopic (exact) mass is 444 g/mol. The van der Waals surface area contributed by atoms with Crippen LogP contribution in [0, 0.1) is 18.8 Å². The number of amides is 1. The van der Waals surface area contributed by atoms with E-state index < -0.39 is 0 Å². The average Bonchev–Trinajstić information content (AvgIpc) is 3.40. The molecule has 0 bridgehead atoms. The first-order chi connectivity index (χ1) is 15.9. The average molecular weight is 445 g/mol. The molecule has 0 saturated carbocycles. The molecule has 0 aliphatic carbocycles. The quantitative estimate of drug-likeness (QED) is 0.509. The summed E-state index contributed by atoms with van der Waals surface area (Å²) in [6.45, 7) is 10.4. The highest BCUT2D eigenvalue weighted by Crippen LogP contribution is 2.35. The zero-order chi connectivity index (χ0) is 23.4. The molecule has 1 fully saturated rings. The molecule has 174 valence electrons. The van der Waals surface area contributed by atoms with E-state index in [-0.39, 0.29) is 11.8 Å². The Morgan fingerprint density at radius 1 is 1.12 bits per heavy atom. The Morgan fingerprint density at radius 3 is 2.55 bits per heavy atom. The van der Waals surface area contributed by atoms with Crippen LogP contribution in [0.5, 0.6) is 0 Å². The van der Waals surface area contributed by atoms with Gasteiger partial charge in [-0.15, -0.1) is 0 Å². The SMILES string of the molecule is Cc1ccc(C2CN(Cc3cccn3C)CC2CN(Cc2cccnc2)C(=O)C(C)C)cc1. The van der Waals surface area contributed by atoms with Crippen LogP contribution in [0.4, 0.5) is 0 Å². The normalized spacial score (nSPS) is 18.7. The van der Waals surface area contributed by atoms with E-state index in [1.807, 2.05) is 26.1 Å². The molecular weight excluding hydrogens is 408 g/mol. The molecule has 5 heteroatoms. The molecule has 2 aromatic heterocycles. The van der Waals surface area contributed by atoms with E-state index in [4.69, 9.17) is 0 Å². The van der Waals surface area contributed by atoms with Crippen molar-refractivity contribution in [1.29, 1.82) is 0 Å².